The second kappa shape index (κ2) is 6.99. The van der Waals surface area contributed by atoms with Crippen molar-refractivity contribution in [1.82, 2.24) is 14.9 Å². The van der Waals surface area contributed by atoms with E-state index in [4.69, 9.17) is 23.2 Å². The molecule has 1 aromatic heterocycles. The molecule has 0 aliphatic carbocycles. The predicted octanol–water partition coefficient (Wildman–Crippen LogP) is 3.63. The molecule has 118 valence electrons. The minimum atomic E-state index is -0.0554. The van der Waals surface area contributed by atoms with Gasteiger partial charge in [0, 0.05) is 12.6 Å². The van der Waals surface area contributed by atoms with Crippen LogP contribution in [0.3, 0.4) is 0 Å². The van der Waals surface area contributed by atoms with E-state index in [1.165, 1.54) is 19.3 Å². The molecule has 1 aliphatic rings. The Morgan fingerprint density at radius 1 is 1.27 bits per heavy atom. The molecule has 22 heavy (non-hydrogen) atoms. The Balaban J connectivity index is 1.72. The number of hydrogen-bond donors (Lipinski definition) is 1. The highest BCUT2D eigenvalue weighted by Crippen LogP contribution is 2.25. The topological polar surface area (TPSA) is 46.9 Å². The van der Waals surface area contributed by atoms with Crippen molar-refractivity contribution >= 4 is 34.1 Å². The van der Waals surface area contributed by atoms with Crippen molar-refractivity contribution in [2.45, 2.75) is 44.7 Å². The van der Waals surface area contributed by atoms with Gasteiger partial charge in [0.25, 0.3) is 5.56 Å². The van der Waals surface area contributed by atoms with Crippen LogP contribution in [-0.4, -0.2) is 22.1 Å². The molecule has 1 atom stereocenters. The molecular formula is C16H19Cl2N3O. The molecule has 3 rings (SSSR count). The van der Waals surface area contributed by atoms with Crippen molar-refractivity contribution in [1.29, 1.82) is 0 Å². The summed E-state index contributed by atoms with van der Waals surface area (Å²) in [6.07, 6.45) is 7.46. The van der Waals surface area contributed by atoms with Crippen LogP contribution in [0, 0.1) is 0 Å². The number of nitrogens with one attached hydrogen (secondary N) is 1. The SMILES string of the molecule is O=c1c2cc(Cl)c(Cl)cc2ncn1CCC[C@@H]1CCCCN1. The lowest BCUT2D eigenvalue weighted by Crippen LogP contribution is -2.34. The molecule has 1 aromatic carbocycles. The van der Waals surface area contributed by atoms with Crippen LogP contribution in [0.25, 0.3) is 10.9 Å². The summed E-state index contributed by atoms with van der Waals surface area (Å²) in [5.74, 6) is 0. The molecule has 1 fully saturated rings. The zero-order chi connectivity index (χ0) is 15.5. The van der Waals surface area contributed by atoms with Crippen molar-refractivity contribution in [3.63, 3.8) is 0 Å². The van der Waals surface area contributed by atoms with Gasteiger partial charge in [-0.1, -0.05) is 29.6 Å². The van der Waals surface area contributed by atoms with Crippen molar-refractivity contribution in [2.75, 3.05) is 6.54 Å². The minimum Gasteiger partial charge on any atom is -0.314 e. The highest BCUT2D eigenvalue weighted by Gasteiger charge is 2.12. The molecule has 0 amide bonds. The van der Waals surface area contributed by atoms with Gasteiger partial charge in [-0.25, -0.2) is 4.98 Å². The van der Waals surface area contributed by atoms with E-state index in [2.05, 4.69) is 10.3 Å². The van der Waals surface area contributed by atoms with Crippen LogP contribution >= 0.6 is 23.2 Å². The Bertz CT molecular complexity index is 723. The molecule has 0 radical (unpaired) electrons. The first kappa shape index (κ1) is 15.8. The van der Waals surface area contributed by atoms with Gasteiger partial charge in [0.2, 0.25) is 0 Å². The average molecular weight is 340 g/mol. The highest BCUT2D eigenvalue weighted by atomic mass is 35.5. The maximum Gasteiger partial charge on any atom is 0.261 e. The van der Waals surface area contributed by atoms with E-state index in [9.17, 15) is 4.79 Å². The first-order chi connectivity index (χ1) is 10.6. The van der Waals surface area contributed by atoms with Gasteiger partial charge in [0.15, 0.2) is 0 Å². The molecular weight excluding hydrogens is 321 g/mol. The highest BCUT2D eigenvalue weighted by molar-refractivity contribution is 6.42. The van der Waals surface area contributed by atoms with Crippen LogP contribution in [0.2, 0.25) is 10.0 Å². The zero-order valence-electron chi connectivity index (χ0n) is 12.3. The molecule has 0 spiro atoms. The Labute approximate surface area is 139 Å². The maximum absolute atomic E-state index is 12.5. The Hall–Kier alpha value is -1.10. The van der Waals surface area contributed by atoms with Gasteiger partial charge in [-0.3, -0.25) is 9.36 Å². The zero-order valence-corrected chi connectivity index (χ0v) is 13.8. The van der Waals surface area contributed by atoms with Gasteiger partial charge in [0.05, 0.1) is 27.3 Å². The third-order valence-corrected chi connectivity index (χ3v) is 4.95. The molecule has 0 bridgehead atoms. The number of aryl methyl sites for hydroxylation is 1. The second-order valence-electron chi connectivity index (χ2n) is 5.82. The van der Waals surface area contributed by atoms with Crippen molar-refractivity contribution < 1.29 is 0 Å². The van der Waals surface area contributed by atoms with Gasteiger partial charge in [-0.05, 0) is 44.4 Å². The number of fused-ring (bicyclic) bond motifs is 1. The van der Waals surface area contributed by atoms with Gasteiger partial charge >= 0.3 is 0 Å². The average Bonchev–Trinajstić information content (AvgIpc) is 2.53. The standard InChI is InChI=1S/C16H19Cl2N3O/c17-13-8-12-15(9-14(13)18)20-10-21(16(12)22)7-3-5-11-4-1-2-6-19-11/h8-11,19H,1-7H2/t11-/m0/s1. The lowest BCUT2D eigenvalue weighted by molar-refractivity contribution is 0.367. The van der Waals surface area contributed by atoms with Gasteiger partial charge < -0.3 is 5.32 Å². The van der Waals surface area contributed by atoms with Crippen LogP contribution in [0.5, 0.6) is 0 Å². The fourth-order valence-corrected chi connectivity index (χ4v) is 3.31. The van der Waals surface area contributed by atoms with Gasteiger partial charge in [0.1, 0.15) is 0 Å². The Morgan fingerprint density at radius 3 is 2.86 bits per heavy atom. The summed E-state index contributed by atoms with van der Waals surface area (Å²) in [7, 11) is 0. The van der Waals surface area contributed by atoms with E-state index >= 15 is 0 Å². The summed E-state index contributed by atoms with van der Waals surface area (Å²) in [5, 5.41) is 4.85. The Kier molecular flexibility index (Phi) is 5.01. The number of benzene rings is 1. The van der Waals surface area contributed by atoms with Crippen LogP contribution in [0.4, 0.5) is 0 Å². The van der Waals surface area contributed by atoms with Crippen LogP contribution < -0.4 is 10.9 Å². The molecule has 1 aliphatic heterocycles. The maximum atomic E-state index is 12.5. The first-order valence-electron chi connectivity index (χ1n) is 7.73. The lowest BCUT2D eigenvalue weighted by Gasteiger charge is -2.23. The number of halogens is 2. The third-order valence-electron chi connectivity index (χ3n) is 4.23. The molecule has 4 nitrogen and oxygen atoms in total. The summed E-state index contributed by atoms with van der Waals surface area (Å²) >= 11 is 12.0. The number of rotatable bonds is 4. The van der Waals surface area contributed by atoms with Crippen molar-refractivity contribution in [3.8, 4) is 0 Å². The smallest absolute Gasteiger partial charge is 0.261 e. The molecule has 6 heteroatoms. The lowest BCUT2D eigenvalue weighted by atomic mass is 10.0. The third kappa shape index (κ3) is 3.45. The van der Waals surface area contributed by atoms with Crippen molar-refractivity contribution in [3.05, 3.63) is 38.9 Å². The van der Waals surface area contributed by atoms with E-state index in [-0.39, 0.29) is 5.56 Å². The molecule has 1 N–H and O–H groups in total. The molecule has 1 saturated heterocycles. The first-order valence-corrected chi connectivity index (χ1v) is 8.48. The number of hydrogen-bond acceptors (Lipinski definition) is 3. The van der Waals surface area contributed by atoms with Gasteiger partial charge in [-0.2, -0.15) is 0 Å². The molecule has 0 unspecified atom stereocenters. The van der Waals surface area contributed by atoms with E-state index in [0.29, 0.717) is 33.5 Å². The van der Waals surface area contributed by atoms with Crippen molar-refractivity contribution in [2.24, 2.45) is 0 Å². The fourth-order valence-electron chi connectivity index (χ4n) is 2.99. The Morgan fingerprint density at radius 2 is 2.09 bits per heavy atom. The quantitative estimate of drug-likeness (QED) is 0.925. The largest absolute Gasteiger partial charge is 0.314 e. The summed E-state index contributed by atoms with van der Waals surface area (Å²) in [6, 6.07) is 3.83. The second-order valence-corrected chi connectivity index (χ2v) is 6.63. The molecule has 0 saturated carbocycles. The molecule has 2 heterocycles. The van der Waals surface area contributed by atoms with E-state index in [1.54, 1.807) is 23.0 Å². The normalized spacial score (nSPS) is 18.7. The molecule has 2 aromatic rings. The van der Waals surface area contributed by atoms with Crippen LogP contribution in [0.1, 0.15) is 32.1 Å². The summed E-state index contributed by atoms with van der Waals surface area (Å²) in [6.45, 7) is 1.79. The monoisotopic (exact) mass is 339 g/mol. The van der Waals surface area contributed by atoms with Crippen LogP contribution in [-0.2, 0) is 6.54 Å². The van der Waals surface area contributed by atoms with E-state index in [0.717, 1.165) is 19.4 Å². The number of nitrogens with zero attached hydrogens (tertiary/aromatic N) is 2. The predicted molar refractivity (Wildman–Crippen MR) is 90.9 cm³/mol. The number of piperidine rings is 1. The minimum absolute atomic E-state index is 0.0554. The van der Waals surface area contributed by atoms with E-state index in [1.807, 2.05) is 0 Å². The van der Waals surface area contributed by atoms with Gasteiger partial charge in [-0.15, -0.1) is 0 Å². The summed E-state index contributed by atoms with van der Waals surface area (Å²) in [4.78, 5) is 16.8. The summed E-state index contributed by atoms with van der Waals surface area (Å²) < 4.78 is 1.66. The summed E-state index contributed by atoms with van der Waals surface area (Å²) in [5.41, 5.74) is 0.532. The van der Waals surface area contributed by atoms with Crippen LogP contribution in [0.15, 0.2) is 23.3 Å². The fraction of sp³-hybridized carbons (Fsp3) is 0.500. The van der Waals surface area contributed by atoms with E-state index < -0.39 is 0 Å². The number of aromatic nitrogens is 2.